The van der Waals surface area contributed by atoms with E-state index in [0.29, 0.717) is 30.2 Å². The molecule has 54 heavy (non-hydrogen) atoms. The van der Waals surface area contributed by atoms with Gasteiger partial charge in [0.25, 0.3) is 5.91 Å². The molecule has 4 aliphatic rings. The maximum Gasteiger partial charge on any atom is 0.416 e. The maximum absolute atomic E-state index is 14.1. The Bertz CT molecular complexity index is 2410. The van der Waals surface area contributed by atoms with Gasteiger partial charge in [0, 0.05) is 27.1 Å². The number of hydrogen-bond donors (Lipinski definition) is 2. The molecule has 3 fully saturated rings. The second-order valence-electron chi connectivity index (χ2n) is 14.0. The standard InChI is InChI=1S/C40H32F3N3O6S2/c1-2-51-28-15-20(13-14-27(28)52-18-29(47)44-26-12-5-8-19-7-3-4-11-23(19)26)30-31-24-17-25(34(31)53-36-35(30)54-39(50)45-36)33-32(24)37(48)46(38(33)49)22-10-6-9-21(16-22)40(41,42)43/h3-16,24-25,30-34H,2,17-18H2,1H3,(H,44,47)(H,45,50)/t24-,25-,30+,31-,32+,33+,34-/m1/s1. The molecule has 2 aliphatic carbocycles. The third-order valence-electron chi connectivity index (χ3n) is 11.2. The number of nitrogens with one attached hydrogen (secondary N) is 2. The van der Waals surface area contributed by atoms with Gasteiger partial charge in [0.15, 0.2) is 18.1 Å². The molecule has 3 heterocycles. The van der Waals surface area contributed by atoms with Crippen LogP contribution in [0.4, 0.5) is 24.5 Å². The van der Waals surface area contributed by atoms with Crippen LogP contribution in [-0.4, -0.2) is 41.2 Å². The number of aromatic nitrogens is 1. The quantitative estimate of drug-likeness (QED) is 0.155. The first-order chi connectivity index (χ1) is 26.0. The number of carbonyl (C=O) groups excluding carboxylic acids is 3. The Morgan fingerprint density at radius 1 is 0.907 bits per heavy atom. The Labute approximate surface area is 314 Å². The second kappa shape index (κ2) is 13.0. The van der Waals surface area contributed by atoms with Crippen LogP contribution in [0.5, 0.6) is 11.5 Å². The highest BCUT2D eigenvalue weighted by Crippen LogP contribution is 2.69. The molecular weight excluding hydrogens is 740 g/mol. The minimum atomic E-state index is -4.63. The number of hydrogen-bond acceptors (Lipinski definition) is 8. The molecule has 0 unspecified atom stereocenters. The van der Waals surface area contributed by atoms with Gasteiger partial charge in [0.05, 0.1) is 34.7 Å². The number of anilines is 2. The van der Waals surface area contributed by atoms with Gasteiger partial charge in [-0.1, -0.05) is 59.9 Å². The Morgan fingerprint density at radius 3 is 2.46 bits per heavy atom. The van der Waals surface area contributed by atoms with E-state index < -0.39 is 35.4 Å². The summed E-state index contributed by atoms with van der Waals surface area (Å²) in [6.07, 6.45) is -4.01. The number of benzene rings is 4. The first-order valence-electron chi connectivity index (χ1n) is 17.6. The van der Waals surface area contributed by atoms with E-state index in [1.165, 1.54) is 23.9 Å². The Hall–Kier alpha value is -5.08. The van der Waals surface area contributed by atoms with E-state index in [0.717, 1.165) is 54.6 Å². The average molecular weight is 772 g/mol. The highest BCUT2D eigenvalue weighted by Gasteiger charge is 2.69. The number of H-pyrrole nitrogens is 1. The Balaban J connectivity index is 1.01. The zero-order chi connectivity index (χ0) is 37.5. The lowest BCUT2D eigenvalue weighted by Gasteiger charge is -2.43. The molecule has 7 atom stereocenters. The number of fused-ring (bicyclic) bond motifs is 10. The maximum atomic E-state index is 14.1. The Kier molecular flexibility index (Phi) is 8.38. The van der Waals surface area contributed by atoms with Crippen LogP contribution in [0.3, 0.4) is 0 Å². The van der Waals surface area contributed by atoms with Crippen molar-refractivity contribution in [2.45, 2.75) is 35.7 Å². The fourth-order valence-electron chi connectivity index (χ4n) is 9.24. The first kappa shape index (κ1) is 34.7. The van der Waals surface area contributed by atoms with Crippen LogP contribution in [0.25, 0.3) is 10.8 Å². The van der Waals surface area contributed by atoms with Gasteiger partial charge in [-0.3, -0.25) is 24.1 Å². The van der Waals surface area contributed by atoms with Crippen LogP contribution >= 0.6 is 23.1 Å². The van der Waals surface area contributed by atoms with Crippen molar-refractivity contribution in [2.75, 3.05) is 23.4 Å². The molecule has 0 spiro atoms. The minimum absolute atomic E-state index is 0.0769. The van der Waals surface area contributed by atoms with Gasteiger partial charge in [-0.25, -0.2) is 0 Å². The first-order valence-corrected chi connectivity index (χ1v) is 19.3. The van der Waals surface area contributed by atoms with Crippen molar-refractivity contribution in [3.8, 4) is 11.5 Å². The molecule has 14 heteroatoms. The zero-order valence-corrected chi connectivity index (χ0v) is 30.2. The number of aromatic amines is 1. The van der Waals surface area contributed by atoms with Gasteiger partial charge in [0.1, 0.15) is 0 Å². The van der Waals surface area contributed by atoms with Crippen molar-refractivity contribution in [3.05, 3.63) is 111 Å². The number of nitrogens with zero attached hydrogens (tertiary/aromatic N) is 1. The van der Waals surface area contributed by atoms with Crippen molar-refractivity contribution in [2.24, 2.45) is 29.6 Å². The highest BCUT2D eigenvalue weighted by atomic mass is 32.2. The predicted octanol–water partition coefficient (Wildman–Crippen LogP) is 7.70. The molecule has 2 aliphatic heterocycles. The number of alkyl halides is 3. The number of carbonyl (C=O) groups is 3. The molecule has 1 aromatic heterocycles. The van der Waals surface area contributed by atoms with Gasteiger partial charge in [-0.05, 0) is 78.4 Å². The van der Waals surface area contributed by atoms with Gasteiger partial charge >= 0.3 is 11.0 Å². The summed E-state index contributed by atoms with van der Waals surface area (Å²) in [5.74, 6) is -2.81. The molecule has 2 bridgehead atoms. The molecular formula is C40H32F3N3O6S2. The third-order valence-corrected chi connectivity index (χ3v) is 13.8. The largest absolute Gasteiger partial charge is 0.490 e. The number of rotatable bonds is 8. The topological polar surface area (TPSA) is 118 Å². The fourth-order valence-corrected chi connectivity index (χ4v) is 12.1. The van der Waals surface area contributed by atoms with Crippen molar-refractivity contribution in [1.29, 1.82) is 0 Å². The molecule has 2 saturated carbocycles. The predicted molar refractivity (Wildman–Crippen MR) is 198 cm³/mol. The van der Waals surface area contributed by atoms with Gasteiger partial charge in [-0.2, -0.15) is 13.2 Å². The summed E-state index contributed by atoms with van der Waals surface area (Å²) >= 11 is 2.63. The van der Waals surface area contributed by atoms with Crippen molar-refractivity contribution < 1.29 is 37.0 Å². The zero-order valence-electron chi connectivity index (χ0n) is 28.6. The van der Waals surface area contributed by atoms with Crippen LogP contribution in [0.2, 0.25) is 0 Å². The van der Waals surface area contributed by atoms with Crippen LogP contribution in [0.1, 0.15) is 35.3 Å². The lowest BCUT2D eigenvalue weighted by molar-refractivity contribution is -0.137. The highest BCUT2D eigenvalue weighted by molar-refractivity contribution is 8.00. The molecule has 9 nitrogen and oxygen atoms in total. The molecule has 3 amide bonds. The lowest BCUT2D eigenvalue weighted by atomic mass is 9.68. The summed E-state index contributed by atoms with van der Waals surface area (Å²) in [6, 6.07) is 23.2. The number of imide groups is 1. The lowest BCUT2D eigenvalue weighted by Crippen LogP contribution is -2.42. The van der Waals surface area contributed by atoms with Crippen molar-refractivity contribution >= 4 is 63.0 Å². The van der Waals surface area contributed by atoms with E-state index in [1.54, 1.807) is 6.07 Å². The Morgan fingerprint density at radius 2 is 1.67 bits per heavy atom. The molecule has 4 aromatic carbocycles. The van der Waals surface area contributed by atoms with E-state index in [9.17, 15) is 32.3 Å². The second-order valence-corrected chi connectivity index (χ2v) is 16.2. The number of ether oxygens (including phenoxy) is 2. The van der Waals surface area contributed by atoms with E-state index in [4.69, 9.17) is 9.47 Å². The molecule has 9 rings (SSSR count). The summed E-state index contributed by atoms with van der Waals surface area (Å²) in [4.78, 5) is 58.4. The van der Waals surface area contributed by atoms with Crippen LogP contribution in [0.15, 0.2) is 94.7 Å². The summed E-state index contributed by atoms with van der Waals surface area (Å²) in [5, 5.41) is 5.42. The normalized spacial score (nSPS) is 25.4. The summed E-state index contributed by atoms with van der Waals surface area (Å²) < 4.78 is 52.8. The third kappa shape index (κ3) is 5.60. The van der Waals surface area contributed by atoms with Crippen LogP contribution < -0.4 is 24.6 Å². The summed E-state index contributed by atoms with van der Waals surface area (Å²) in [7, 11) is 0. The van der Waals surface area contributed by atoms with Crippen LogP contribution in [0, 0.1) is 29.6 Å². The van der Waals surface area contributed by atoms with E-state index in [-0.39, 0.29) is 52.0 Å². The van der Waals surface area contributed by atoms with Crippen molar-refractivity contribution in [3.63, 3.8) is 0 Å². The van der Waals surface area contributed by atoms with E-state index in [2.05, 4.69) is 10.3 Å². The van der Waals surface area contributed by atoms with Gasteiger partial charge < -0.3 is 19.8 Å². The van der Waals surface area contributed by atoms with E-state index in [1.807, 2.05) is 61.5 Å². The fraction of sp³-hybridized carbons (Fsp3) is 0.300. The monoisotopic (exact) mass is 771 g/mol. The SMILES string of the molecule is CCOc1cc([C@@H]2c3sc(=O)[nH]c3S[C@@H]3[C@@H]4C[C@@H]([C@@H]5C(=O)N(c6cccc(C(F)(F)F)c6)C(=O)[C@@H]45)[C@H]23)ccc1OCC(=O)Nc1cccc2ccccc12. The van der Waals surface area contributed by atoms with Crippen LogP contribution in [-0.2, 0) is 20.6 Å². The average Bonchev–Trinajstić information content (AvgIpc) is 3.89. The number of thiazole rings is 1. The molecule has 0 radical (unpaired) electrons. The number of thioether (sulfide) groups is 1. The molecule has 276 valence electrons. The van der Waals surface area contributed by atoms with E-state index >= 15 is 0 Å². The molecule has 1 saturated heterocycles. The number of amides is 3. The van der Waals surface area contributed by atoms with Crippen molar-refractivity contribution in [1.82, 2.24) is 4.98 Å². The minimum Gasteiger partial charge on any atom is -0.490 e. The van der Waals surface area contributed by atoms with Gasteiger partial charge in [-0.15, -0.1) is 11.8 Å². The molecule has 2 N–H and O–H groups in total. The smallest absolute Gasteiger partial charge is 0.416 e. The molecule has 5 aromatic rings. The summed E-state index contributed by atoms with van der Waals surface area (Å²) in [6.45, 7) is 1.87. The summed E-state index contributed by atoms with van der Waals surface area (Å²) in [5.41, 5.74) is 0.489. The van der Waals surface area contributed by atoms with Gasteiger partial charge in [0.2, 0.25) is 11.8 Å². The number of halogens is 3.